The van der Waals surface area contributed by atoms with Gasteiger partial charge in [-0.3, -0.25) is 4.79 Å². The van der Waals surface area contributed by atoms with Gasteiger partial charge in [-0.05, 0) is 39.6 Å². The maximum absolute atomic E-state index is 12.6. The zero-order valence-corrected chi connectivity index (χ0v) is 16.2. The molecule has 1 aromatic carbocycles. The van der Waals surface area contributed by atoms with E-state index in [-0.39, 0.29) is 12.5 Å². The summed E-state index contributed by atoms with van der Waals surface area (Å²) in [4.78, 5) is 14.9. The number of aromatic nitrogens is 4. The van der Waals surface area contributed by atoms with Crippen molar-refractivity contribution >= 4 is 22.9 Å². The van der Waals surface area contributed by atoms with Crippen LogP contribution in [0.4, 0.5) is 5.69 Å². The zero-order chi connectivity index (χ0) is 18.7. The summed E-state index contributed by atoms with van der Waals surface area (Å²) in [7, 11) is 0. The first kappa shape index (κ1) is 18.3. The van der Waals surface area contributed by atoms with Gasteiger partial charge in [0.05, 0.1) is 4.88 Å². The third-order valence-electron chi connectivity index (χ3n) is 4.12. The van der Waals surface area contributed by atoms with E-state index in [4.69, 9.17) is 0 Å². The van der Waals surface area contributed by atoms with E-state index in [0.29, 0.717) is 17.7 Å². The molecule has 1 amide bonds. The van der Waals surface area contributed by atoms with Crippen molar-refractivity contribution in [3.05, 3.63) is 46.8 Å². The molecule has 3 aromatic rings. The number of hydrogen-bond donors (Lipinski definition) is 1. The minimum Gasteiger partial charge on any atom is -0.324 e. The monoisotopic (exact) mass is 369 g/mol. The van der Waals surface area contributed by atoms with Crippen LogP contribution in [-0.4, -0.2) is 26.1 Å². The number of thiophene rings is 1. The first-order chi connectivity index (χ1) is 12.5. The third-order valence-corrected chi connectivity index (χ3v) is 4.98. The summed E-state index contributed by atoms with van der Waals surface area (Å²) in [5, 5.41) is 17.3. The molecule has 0 unspecified atom stereocenters. The van der Waals surface area contributed by atoms with Gasteiger partial charge in [-0.2, -0.15) is 4.80 Å². The number of anilines is 1. The van der Waals surface area contributed by atoms with Crippen LogP contribution in [0.15, 0.2) is 35.7 Å². The van der Waals surface area contributed by atoms with E-state index in [2.05, 4.69) is 60.6 Å². The van der Waals surface area contributed by atoms with Crippen molar-refractivity contribution in [3.8, 4) is 10.7 Å². The van der Waals surface area contributed by atoms with Crippen LogP contribution in [0.2, 0.25) is 0 Å². The lowest BCUT2D eigenvalue weighted by Crippen LogP contribution is -2.22. The van der Waals surface area contributed by atoms with Gasteiger partial charge in [0.2, 0.25) is 11.7 Å². The molecule has 0 aliphatic rings. The number of hydrogen-bond acceptors (Lipinski definition) is 5. The van der Waals surface area contributed by atoms with Crippen LogP contribution in [0.5, 0.6) is 0 Å². The lowest BCUT2D eigenvalue weighted by Gasteiger charge is -2.20. The lowest BCUT2D eigenvalue weighted by molar-refractivity contribution is -0.117. The van der Waals surface area contributed by atoms with Gasteiger partial charge in [-0.15, -0.1) is 21.5 Å². The Bertz CT molecular complexity index is 857. The van der Waals surface area contributed by atoms with E-state index < -0.39 is 0 Å². The van der Waals surface area contributed by atoms with Crippen molar-refractivity contribution in [2.45, 2.75) is 46.1 Å². The molecule has 6 nitrogen and oxygen atoms in total. The summed E-state index contributed by atoms with van der Waals surface area (Å²) < 4.78 is 0. The highest BCUT2D eigenvalue weighted by molar-refractivity contribution is 7.13. The number of benzene rings is 1. The van der Waals surface area contributed by atoms with Gasteiger partial charge in [0.25, 0.3) is 0 Å². The fraction of sp³-hybridized carbons (Fsp3) is 0.368. The second-order valence-corrected chi connectivity index (χ2v) is 7.74. The topological polar surface area (TPSA) is 72.7 Å². The predicted molar refractivity (Wildman–Crippen MR) is 104 cm³/mol. The summed E-state index contributed by atoms with van der Waals surface area (Å²) >= 11 is 1.54. The highest BCUT2D eigenvalue weighted by Crippen LogP contribution is 2.32. The number of carbonyl (C=O) groups excluding carboxylic acids is 1. The van der Waals surface area contributed by atoms with Crippen LogP contribution in [0, 0.1) is 0 Å². The average Bonchev–Trinajstić information content (AvgIpc) is 3.25. The highest BCUT2D eigenvalue weighted by atomic mass is 32.1. The van der Waals surface area contributed by atoms with Gasteiger partial charge in [-0.1, -0.05) is 52.0 Å². The van der Waals surface area contributed by atoms with Crippen LogP contribution < -0.4 is 5.32 Å². The Kier molecular flexibility index (Phi) is 5.46. The Morgan fingerprint density at radius 1 is 1.12 bits per heavy atom. The molecule has 3 rings (SSSR count). The fourth-order valence-corrected chi connectivity index (χ4v) is 3.47. The highest BCUT2D eigenvalue weighted by Gasteiger charge is 2.17. The van der Waals surface area contributed by atoms with Crippen LogP contribution in [-0.2, 0) is 11.3 Å². The number of nitrogens with zero attached hydrogens (tertiary/aromatic N) is 4. The van der Waals surface area contributed by atoms with Crippen molar-refractivity contribution in [3.63, 3.8) is 0 Å². The van der Waals surface area contributed by atoms with Gasteiger partial charge in [0.1, 0.15) is 6.54 Å². The molecule has 0 saturated carbocycles. The number of amides is 1. The van der Waals surface area contributed by atoms with E-state index in [1.54, 1.807) is 11.3 Å². The smallest absolute Gasteiger partial charge is 0.248 e. The Labute approximate surface area is 157 Å². The molecule has 0 bridgehead atoms. The van der Waals surface area contributed by atoms with Crippen LogP contribution >= 0.6 is 11.3 Å². The van der Waals surface area contributed by atoms with E-state index in [0.717, 1.165) is 21.7 Å². The Hall–Kier alpha value is -2.54. The van der Waals surface area contributed by atoms with Crippen molar-refractivity contribution in [2.24, 2.45) is 0 Å². The SMILES string of the molecule is CC(C)c1cccc(C(C)C)c1NC(=O)Cn1nnc(-c2cccs2)n1. The molecule has 1 N–H and O–H groups in total. The molecule has 136 valence electrons. The van der Waals surface area contributed by atoms with Gasteiger partial charge in [-0.25, -0.2) is 0 Å². The molecule has 0 spiro atoms. The number of tetrazole rings is 1. The molecule has 7 heteroatoms. The fourth-order valence-electron chi connectivity index (χ4n) is 2.82. The molecule has 0 saturated heterocycles. The quantitative estimate of drug-likeness (QED) is 0.703. The van der Waals surface area contributed by atoms with E-state index in [1.807, 2.05) is 23.6 Å². The molecular weight excluding hydrogens is 346 g/mol. The number of nitrogens with one attached hydrogen (secondary N) is 1. The van der Waals surface area contributed by atoms with Crippen LogP contribution in [0.25, 0.3) is 10.7 Å². The third kappa shape index (κ3) is 3.99. The van der Waals surface area contributed by atoms with Gasteiger partial charge in [0.15, 0.2) is 0 Å². The molecular formula is C19H23N5OS. The maximum atomic E-state index is 12.6. The summed E-state index contributed by atoms with van der Waals surface area (Å²) in [6, 6.07) is 10.0. The van der Waals surface area contributed by atoms with Crippen molar-refractivity contribution in [1.82, 2.24) is 20.2 Å². The first-order valence-corrected chi connectivity index (χ1v) is 9.58. The summed E-state index contributed by atoms with van der Waals surface area (Å²) in [5.41, 5.74) is 3.17. The lowest BCUT2D eigenvalue weighted by atomic mass is 9.92. The molecule has 0 aliphatic carbocycles. The summed E-state index contributed by atoms with van der Waals surface area (Å²) in [6.07, 6.45) is 0. The Morgan fingerprint density at radius 3 is 2.38 bits per heavy atom. The molecule has 0 aliphatic heterocycles. The molecule has 2 aromatic heterocycles. The second kappa shape index (κ2) is 7.78. The van der Waals surface area contributed by atoms with Gasteiger partial charge in [0, 0.05) is 5.69 Å². The Balaban J connectivity index is 1.78. The van der Waals surface area contributed by atoms with E-state index >= 15 is 0 Å². The Morgan fingerprint density at radius 2 is 1.81 bits per heavy atom. The minimum absolute atomic E-state index is 0.0301. The predicted octanol–water partition coefficient (Wildman–Crippen LogP) is 4.29. The molecule has 0 radical (unpaired) electrons. The zero-order valence-electron chi connectivity index (χ0n) is 15.4. The van der Waals surface area contributed by atoms with Crippen LogP contribution in [0.3, 0.4) is 0 Å². The first-order valence-electron chi connectivity index (χ1n) is 8.70. The van der Waals surface area contributed by atoms with Gasteiger partial charge >= 0.3 is 0 Å². The average molecular weight is 369 g/mol. The number of rotatable bonds is 6. The van der Waals surface area contributed by atoms with Crippen LogP contribution in [0.1, 0.15) is 50.7 Å². The molecule has 0 atom stereocenters. The maximum Gasteiger partial charge on any atom is 0.248 e. The van der Waals surface area contributed by atoms with E-state index in [1.165, 1.54) is 4.80 Å². The normalized spacial score (nSPS) is 11.3. The van der Waals surface area contributed by atoms with E-state index in [9.17, 15) is 4.79 Å². The van der Waals surface area contributed by atoms with Crippen molar-refractivity contribution in [1.29, 1.82) is 0 Å². The largest absolute Gasteiger partial charge is 0.324 e. The number of carbonyl (C=O) groups is 1. The number of para-hydroxylation sites is 1. The molecule has 26 heavy (non-hydrogen) atoms. The van der Waals surface area contributed by atoms with Gasteiger partial charge < -0.3 is 5.32 Å². The summed E-state index contributed by atoms with van der Waals surface area (Å²) in [6.45, 7) is 8.54. The standard InChI is InChI=1S/C19H23N5OS/c1-12(2)14-7-5-8-15(13(3)4)18(14)20-17(25)11-24-22-19(21-23-24)16-9-6-10-26-16/h5-10,12-13H,11H2,1-4H3,(H,20,25). The van der Waals surface area contributed by atoms with Crippen molar-refractivity contribution < 1.29 is 4.79 Å². The van der Waals surface area contributed by atoms with Crippen molar-refractivity contribution in [2.75, 3.05) is 5.32 Å². The summed E-state index contributed by atoms with van der Waals surface area (Å²) in [5.74, 6) is 1.02. The molecule has 2 heterocycles. The molecule has 0 fully saturated rings. The second-order valence-electron chi connectivity index (χ2n) is 6.79. The minimum atomic E-state index is -0.157.